The molecule has 1 aliphatic carbocycles. The number of aromatic nitrogens is 1. The third-order valence-electron chi connectivity index (χ3n) is 3.01. The van der Waals surface area contributed by atoms with Crippen LogP contribution in [0.4, 0.5) is 0 Å². The standard InChI is InChI=1S/C12H10BrNO3/c13-8-3-4-9-10(5-8)14(6-7-1-2-7)12(16)17-11(9)15/h3-5,7H,1-2,6H2. The Hall–Kier alpha value is -1.36. The maximum atomic E-state index is 11.7. The number of fused-ring (bicyclic) bond motifs is 1. The van der Waals surface area contributed by atoms with Gasteiger partial charge in [-0.25, -0.2) is 9.59 Å². The molecule has 0 amide bonds. The molecule has 1 heterocycles. The summed E-state index contributed by atoms with van der Waals surface area (Å²) in [6.07, 6.45) is 2.28. The maximum Gasteiger partial charge on any atom is 0.422 e. The molecule has 88 valence electrons. The van der Waals surface area contributed by atoms with Crippen molar-refractivity contribution in [3.63, 3.8) is 0 Å². The molecule has 1 saturated carbocycles. The number of rotatable bonds is 2. The van der Waals surface area contributed by atoms with Crippen LogP contribution in [0.2, 0.25) is 0 Å². The van der Waals surface area contributed by atoms with Crippen molar-refractivity contribution in [3.05, 3.63) is 43.6 Å². The first kappa shape index (κ1) is 10.8. The van der Waals surface area contributed by atoms with Gasteiger partial charge in [-0.15, -0.1) is 0 Å². The summed E-state index contributed by atoms with van der Waals surface area (Å²) < 4.78 is 7.13. The van der Waals surface area contributed by atoms with Crippen LogP contribution >= 0.6 is 15.9 Å². The molecule has 0 aliphatic heterocycles. The Morgan fingerprint density at radius 1 is 1.35 bits per heavy atom. The third-order valence-corrected chi connectivity index (χ3v) is 3.50. The Kier molecular flexibility index (Phi) is 2.43. The van der Waals surface area contributed by atoms with E-state index < -0.39 is 11.4 Å². The van der Waals surface area contributed by atoms with Gasteiger partial charge in [0.2, 0.25) is 0 Å². The van der Waals surface area contributed by atoms with E-state index in [0.29, 0.717) is 23.4 Å². The van der Waals surface area contributed by atoms with E-state index >= 15 is 0 Å². The van der Waals surface area contributed by atoms with Crippen LogP contribution in [-0.2, 0) is 6.54 Å². The van der Waals surface area contributed by atoms with Crippen molar-refractivity contribution in [2.45, 2.75) is 19.4 Å². The zero-order valence-corrected chi connectivity index (χ0v) is 10.6. The lowest BCUT2D eigenvalue weighted by Gasteiger charge is -2.07. The molecule has 0 unspecified atom stereocenters. The van der Waals surface area contributed by atoms with Gasteiger partial charge in [0.25, 0.3) is 0 Å². The van der Waals surface area contributed by atoms with E-state index in [1.165, 1.54) is 0 Å². The molecule has 1 fully saturated rings. The van der Waals surface area contributed by atoms with Crippen molar-refractivity contribution in [2.24, 2.45) is 5.92 Å². The van der Waals surface area contributed by atoms with E-state index in [0.717, 1.165) is 17.3 Å². The molecule has 1 aliphatic rings. The number of nitrogens with zero attached hydrogens (tertiary/aromatic N) is 1. The SMILES string of the molecule is O=c1oc(=O)n(CC2CC2)c2cc(Br)ccc12. The molecule has 17 heavy (non-hydrogen) atoms. The van der Waals surface area contributed by atoms with Crippen LogP contribution in [0.3, 0.4) is 0 Å². The molecule has 1 aromatic heterocycles. The molecule has 0 bridgehead atoms. The first-order valence-corrected chi connectivity index (χ1v) is 6.27. The highest BCUT2D eigenvalue weighted by Crippen LogP contribution is 2.31. The predicted molar refractivity (Wildman–Crippen MR) is 67.2 cm³/mol. The van der Waals surface area contributed by atoms with Gasteiger partial charge in [-0.2, -0.15) is 0 Å². The van der Waals surface area contributed by atoms with Gasteiger partial charge in [0.05, 0.1) is 10.9 Å². The smallest absolute Gasteiger partial charge is 0.372 e. The minimum absolute atomic E-state index is 0.452. The van der Waals surface area contributed by atoms with Crippen LogP contribution in [0.1, 0.15) is 12.8 Å². The lowest BCUT2D eigenvalue weighted by molar-refractivity contribution is 0.409. The van der Waals surface area contributed by atoms with E-state index in [1.807, 2.05) is 0 Å². The molecular formula is C12H10BrNO3. The largest absolute Gasteiger partial charge is 0.422 e. The molecule has 5 heteroatoms. The third kappa shape index (κ3) is 1.95. The van der Waals surface area contributed by atoms with Crippen molar-refractivity contribution >= 4 is 26.8 Å². The molecule has 2 aromatic rings. The van der Waals surface area contributed by atoms with E-state index in [4.69, 9.17) is 4.42 Å². The topological polar surface area (TPSA) is 52.2 Å². The lowest BCUT2D eigenvalue weighted by Crippen LogP contribution is -2.25. The van der Waals surface area contributed by atoms with Crippen LogP contribution in [0.15, 0.2) is 36.7 Å². The molecule has 0 saturated heterocycles. The van der Waals surface area contributed by atoms with E-state index in [9.17, 15) is 9.59 Å². The normalized spacial score (nSPS) is 15.4. The van der Waals surface area contributed by atoms with Crippen molar-refractivity contribution in [1.29, 1.82) is 0 Å². The first-order chi connectivity index (χ1) is 8.15. The average molecular weight is 296 g/mol. The maximum absolute atomic E-state index is 11.7. The summed E-state index contributed by atoms with van der Waals surface area (Å²) in [6, 6.07) is 5.23. The second-order valence-corrected chi connectivity index (χ2v) is 5.29. The molecule has 4 nitrogen and oxygen atoms in total. The predicted octanol–water partition coefficient (Wildman–Crippen LogP) is 2.13. The fourth-order valence-electron chi connectivity index (χ4n) is 1.92. The van der Waals surface area contributed by atoms with Crippen LogP contribution in [0.5, 0.6) is 0 Å². The number of halogens is 1. The highest BCUT2D eigenvalue weighted by Gasteiger charge is 2.23. The molecular weight excluding hydrogens is 286 g/mol. The number of hydrogen-bond acceptors (Lipinski definition) is 3. The molecule has 0 spiro atoms. The average Bonchev–Trinajstić information content (AvgIpc) is 3.07. The molecule has 3 rings (SSSR count). The summed E-state index contributed by atoms with van der Waals surface area (Å²) >= 11 is 3.35. The second-order valence-electron chi connectivity index (χ2n) is 4.37. The van der Waals surface area contributed by atoms with Gasteiger partial charge in [-0.3, -0.25) is 4.57 Å². The van der Waals surface area contributed by atoms with Gasteiger partial charge in [0.1, 0.15) is 0 Å². The van der Waals surface area contributed by atoms with E-state index in [1.54, 1.807) is 22.8 Å². The van der Waals surface area contributed by atoms with Crippen molar-refractivity contribution < 1.29 is 4.42 Å². The minimum atomic E-state index is -0.565. The van der Waals surface area contributed by atoms with E-state index in [2.05, 4.69) is 15.9 Å². The summed E-state index contributed by atoms with van der Waals surface area (Å²) in [5, 5.41) is 0.452. The minimum Gasteiger partial charge on any atom is -0.372 e. The van der Waals surface area contributed by atoms with Crippen molar-refractivity contribution in [1.82, 2.24) is 4.57 Å². The summed E-state index contributed by atoms with van der Waals surface area (Å²) in [6.45, 7) is 0.634. The molecule has 0 atom stereocenters. The Labute approximate surface area is 105 Å². The Morgan fingerprint density at radius 2 is 2.12 bits per heavy atom. The van der Waals surface area contributed by atoms with Gasteiger partial charge < -0.3 is 4.42 Å². The van der Waals surface area contributed by atoms with E-state index in [-0.39, 0.29) is 0 Å². The highest BCUT2D eigenvalue weighted by atomic mass is 79.9. The Bertz CT molecular complexity index is 697. The number of benzene rings is 1. The van der Waals surface area contributed by atoms with Gasteiger partial charge in [-0.1, -0.05) is 15.9 Å². The fourth-order valence-corrected chi connectivity index (χ4v) is 2.27. The van der Waals surface area contributed by atoms with Gasteiger partial charge in [-0.05, 0) is 37.0 Å². The van der Waals surface area contributed by atoms with Gasteiger partial charge in [0.15, 0.2) is 0 Å². The highest BCUT2D eigenvalue weighted by molar-refractivity contribution is 9.10. The quantitative estimate of drug-likeness (QED) is 0.853. The monoisotopic (exact) mass is 295 g/mol. The summed E-state index contributed by atoms with van der Waals surface area (Å²) in [4.78, 5) is 23.3. The van der Waals surface area contributed by atoms with Crippen LogP contribution in [0, 0.1) is 5.92 Å². The molecule has 0 radical (unpaired) electrons. The first-order valence-electron chi connectivity index (χ1n) is 5.48. The fraction of sp³-hybridized carbons (Fsp3) is 0.333. The summed E-state index contributed by atoms with van der Waals surface area (Å²) in [5.74, 6) is -0.0184. The van der Waals surface area contributed by atoms with Crippen molar-refractivity contribution in [2.75, 3.05) is 0 Å². The van der Waals surface area contributed by atoms with Gasteiger partial charge in [0, 0.05) is 11.0 Å². The van der Waals surface area contributed by atoms with Crippen molar-refractivity contribution in [3.8, 4) is 0 Å². The Balaban J connectivity index is 2.33. The van der Waals surface area contributed by atoms with Crippen LogP contribution in [0.25, 0.3) is 10.9 Å². The molecule has 1 aromatic carbocycles. The van der Waals surface area contributed by atoms with Gasteiger partial charge >= 0.3 is 11.4 Å². The number of hydrogen-bond donors (Lipinski definition) is 0. The summed E-state index contributed by atoms with van der Waals surface area (Å²) in [7, 11) is 0. The summed E-state index contributed by atoms with van der Waals surface area (Å²) in [5.41, 5.74) is 0.0806. The van der Waals surface area contributed by atoms with Crippen LogP contribution < -0.4 is 11.4 Å². The second kappa shape index (κ2) is 3.84. The molecule has 0 N–H and O–H groups in total. The zero-order chi connectivity index (χ0) is 12.0. The Morgan fingerprint density at radius 3 is 2.82 bits per heavy atom. The zero-order valence-electron chi connectivity index (χ0n) is 8.98. The van der Waals surface area contributed by atoms with Crippen LogP contribution in [-0.4, -0.2) is 4.57 Å². The lowest BCUT2D eigenvalue weighted by atomic mass is 10.2.